The molecule has 0 N–H and O–H groups in total. The van der Waals surface area contributed by atoms with Crippen molar-refractivity contribution in [2.24, 2.45) is 0 Å². The number of rotatable bonds is 6. The zero-order chi connectivity index (χ0) is 20.1. The van der Waals surface area contributed by atoms with Crippen molar-refractivity contribution < 1.29 is 9.53 Å². The lowest BCUT2D eigenvalue weighted by Gasteiger charge is -2.05. The first-order valence-corrected chi connectivity index (χ1v) is 10.0. The number of carbonyl (C=O) groups excluding carboxylic acids is 1. The van der Waals surface area contributed by atoms with Crippen LogP contribution in [0.4, 0.5) is 0 Å². The average Bonchev–Trinajstić information content (AvgIpc) is 2.94. The molecular weight excluding hydrogens is 463 g/mol. The summed E-state index contributed by atoms with van der Waals surface area (Å²) in [5, 5.41) is 5.54. The highest BCUT2D eigenvalue weighted by atomic mass is 79.9. The van der Waals surface area contributed by atoms with Crippen LogP contribution in [0.25, 0.3) is 6.08 Å². The predicted molar refractivity (Wildman–Crippen MR) is 116 cm³/mol. The Bertz CT molecular complexity index is 1010. The van der Waals surface area contributed by atoms with Gasteiger partial charge in [0.25, 0.3) is 0 Å². The van der Waals surface area contributed by atoms with Crippen molar-refractivity contribution in [2.45, 2.75) is 20.1 Å². The fourth-order valence-electron chi connectivity index (χ4n) is 2.58. The van der Waals surface area contributed by atoms with E-state index in [2.05, 4.69) is 21.0 Å². The Kier molecular flexibility index (Phi) is 6.94. The first-order valence-electron chi connectivity index (χ1n) is 8.49. The number of carbonyl (C=O) groups is 1. The standard InChI is InChI=1S/C21H17BrCl2N2O2/c1-14-18(10-11-20(27)28-13-15-6-8-17(22)9-7-15)21(24)26(25-14)12-16-4-2-3-5-19(16)23/h2-11H,12-13H2,1H3. The van der Waals surface area contributed by atoms with Crippen molar-refractivity contribution in [3.05, 3.63) is 91.6 Å². The number of ether oxygens (including phenoxy) is 1. The molecular formula is C21H17BrCl2N2O2. The summed E-state index contributed by atoms with van der Waals surface area (Å²) in [5.74, 6) is -0.447. The summed E-state index contributed by atoms with van der Waals surface area (Å²) in [5.41, 5.74) is 3.22. The third-order valence-electron chi connectivity index (χ3n) is 4.07. The van der Waals surface area contributed by atoms with Crippen LogP contribution >= 0.6 is 39.1 Å². The van der Waals surface area contributed by atoms with Gasteiger partial charge in [0.1, 0.15) is 11.8 Å². The van der Waals surface area contributed by atoms with Crippen molar-refractivity contribution in [3.8, 4) is 0 Å². The summed E-state index contributed by atoms with van der Waals surface area (Å²) in [4.78, 5) is 12.0. The van der Waals surface area contributed by atoms with E-state index in [-0.39, 0.29) is 6.61 Å². The van der Waals surface area contributed by atoms with Gasteiger partial charge in [-0.3, -0.25) is 0 Å². The molecule has 144 valence electrons. The Morgan fingerprint density at radius 2 is 1.89 bits per heavy atom. The Morgan fingerprint density at radius 1 is 1.18 bits per heavy atom. The third kappa shape index (κ3) is 5.25. The molecule has 0 radical (unpaired) electrons. The van der Waals surface area contributed by atoms with Gasteiger partial charge in [-0.15, -0.1) is 0 Å². The highest BCUT2D eigenvalue weighted by Crippen LogP contribution is 2.24. The smallest absolute Gasteiger partial charge is 0.331 e. The molecule has 0 unspecified atom stereocenters. The second kappa shape index (κ2) is 9.41. The topological polar surface area (TPSA) is 44.1 Å². The van der Waals surface area contributed by atoms with Crippen LogP contribution in [0.3, 0.4) is 0 Å². The summed E-state index contributed by atoms with van der Waals surface area (Å²) < 4.78 is 7.89. The monoisotopic (exact) mass is 478 g/mol. The summed E-state index contributed by atoms with van der Waals surface area (Å²) in [6.07, 6.45) is 2.98. The van der Waals surface area contributed by atoms with Gasteiger partial charge in [0.05, 0.1) is 12.2 Å². The van der Waals surface area contributed by atoms with E-state index in [4.69, 9.17) is 27.9 Å². The highest BCUT2D eigenvalue weighted by Gasteiger charge is 2.13. The Balaban J connectivity index is 1.66. The second-order valence-corrected chi connectivity index (χ2v) is 7.79. The summed E-state index contributed by atoms with van der Waals surface area (Å²) in [6, 6.07) is 15.1. The van der Waals surface area contributed by atoms with Crippen LogP contribution in [0.1, 0.15) is 22.4 Å². The molecule has 3 rings (SSSR count). The lowest BCUT2D eigenvalue weighted by Crippen LogP contribution is -2.02. The molecule has 0 aliphatic rings. The summed E-state index contributed by atoms with van der Waals surface area (Å²) >= 11 is 16.0. The molecule has 2 aromatic carbocycles. The van der Waals surface area contributed by atoms with Gasteiger partial charge in [-0.25, -0.2) is 9.48 Å². The van der Waals surface area contributed by atoms with E-state index >= 15 is 0 Å². The molecule has 0 saturated carbocycles. The van der Waals surface area contributed by atoms with Gasteiger partial charge in [0, 0.05) is 21.1 Å². The van der Waals surface area contributed by atoms with Crippen molar-refractivity contribution >= 4 is 51.2 Å². The van der Waals surface area contributed by atoms with E-state index in [1.54, 1.807) is 10.8 Å². The van der Waals surface area contributed by atoms with Gasteiger partial charge < -0.3 is 4.74 Å². The summed E-state index contributed by atoms with van der Waals surface area (Å²) in [6.45, 7) is 2.48. The Morgan fingerprint density at radius 3 is 2.61 bits per heavy atom. The van der Waals surface area contributed by atoms with Crippen LogP contribution in [0.15, 0.2) is 59.1 Å². The van der Waals surface area contributed by atoms with Crippen molar-refractivity contribution in [2.75, 3.05) is 0 Å². The van der Waals surface area contributed by atoms with E-state index in [1.165, 1.54) is 6.08 Å². The first-order chi connectivity index (χ1) is 13.4. The lowest BCUT2D eigenvalue weighted by molar-refractivity contribution is -0.138. The minimum absolute atomic E-state index is 0.203. The van der Waals surface area contributed by atoms with Crippen LogP contribution < -0.4 is 0 Å². The van der Waals surface area contributed by atoms with Crippen LogP contribution in [0, 0.1) is 6.92 Å². The quantitative estimate of drug-likeness (QED) is 0.318. The van der Waals surface area contributed by atoms with E-state index in [0.717, 1.165) is 15.6 Å². The SMILES string of the molecule is Cc1nn(Cc2ccccc2Cl)c(Cl)c1C=CC(=O)OCc1ccc(Br)cc1. The molecule has 0 spiro atoms. The molecule has 0 aliphatic carbocycles. The second-order valence-electron chi connectivity index (χ2n) is 6.11. The van der Waals surface area contributed by atoms with Crippen molar-refractivity contribution in [3.63, 3.8) is 0 Å². The zero-order valence-electron chi connectivity index (χ0n) is 15.0. The largest absolute Gasteiger partial charge is 0.458 e. The van der Waals surface area contributed by atoms with Crippen LogP contribution in [0.5, 0.6) is 0 Å². The van der Waals surface area contributed by atoms with E-state index in [1.807, 2.05) is 55.5 Å². The molecule has 0 atom stereocenters. The zero-order valence-corrected chi connectivity index (χ0v) is 18.1. The van der Waals surface area contributed by atoms with Gasteiger partial charge in [0.2, 0.25) is 0 Å². The molecule has 0 amide bonds. The number of halogens is 3. The maximum Gasteiger partial charge on any atom is 0.331 e. The number of aryl methyl sites for hydroxylation is 1. The molecule has 0 aliphatic heterocycles. The van der Waals surface area contributed by atoms with Crippen LogP contribution in [-0.4, -0.2) is 15.7 Å². The molecule has 0 fully saturated rings. The maximum atomic E-state index is 12.0. The predicted octanol–water partition coefficient (Wildman–Crippen LogP) is 6.07. The highest BCUT2D eigenvalue weighted by molar-refractivity contribution is 9.10. The number of benzene rings is 2. The Labute approximate surface area is 181 Å². The minimum atomic E-state index is -0.447. The van der Waals surface area contributed by atoms with Gasteiger partial charge in [-0.05, 0) is 42.3 Å². The molecule has 1 heterocycles. The first kappa shape index (κ1) is 20.6. The maximum absolute atomic E-state index is 12.0. The number of hydrogen-bond donors (Lipinski definition) is 0. The van der Waals surface area contributed by atoms with Crippen molar-refractivity contribution in [1.82, 2.24) is 9.78 Å². The number of nitrogens with zero attached hydrogens (tertiary/aromatic N) is 2. The van der Waals surface area contributed by atoms with Gasteiger partial charge in [-0.2, -0.15) is 5.10 Å². The average molecular weight is 480 g/mol. The van der Waals surface area contributed by atoms with E-state index in [9.17, 15) is 4.79 Å². The van der Waals surface area contributed by atoms with Crippen molar-refractivity contribution in [1.29, 1.82) is 0 Å². The van der Waals surface area contributed by atoms with E-state index in [0.29, 0.717) is 28.0 Å². The van der Waals surface area contributed by atoms with Crippen LogP contribution in [-0.2, 0) is 22.7 Å². The lowest BCUT2D eigenvalue weighted by atomic mass is 10.2. The third-order valence-corrected chi connectivity index (χ3v) is 5.36. The Hall–Kier alpha value is -2.08. The van der Waals surface area contributed by atoms with Gasteiger partial charge >= 0.3 is 5.97 Å². The molecule has 7 heteroatoms. The summed E-state index contributed by atoms with van der Waals surface area (Å²) in [7, 11) is 0. The fraction of sp³-hybridized carbons (Fsp3) is 0.143. The van der Waals surface area contributed by atoms with E-state index < -0.39 is 5.97 Å². The van der Waals surface area contributed by atoms with Gasteiger partial charge in [0.15, 0.2) is 0 Å². The normalized spacial score (nSPS) is 11.1. The molecule has 3 aromatic rings. The number of aromatic nitrogens is 2. The minimum Gasteiger partial charge on any atom is -0.458 e. The van der Waals surface area contributed by atoms with Crippen LogP contribution in [0.2, 0.25) is 10.2 Å². The molecule has 4 nitrogen and oxygen atoms in total. The molecule has 0 bridgehead atoms. The molecule has 28 heavy (non-hydrogen) atoms. The molecule has 1 aromatic heterocycles. The fourth-order valence-corrected chi connectivity index (χ4v) is 3.34. The number of esters is 1. The molecule has 0 saturated heterocycles. The number of hydrogen-bond acceptors (Lipinski definition) is 3. The van der Waals surface area contributed by atoms with Gasteiger partial charge in [-0.1, -0.05) is 69.5 Å².